The molecule has 0 saturated heterocycles. The molecule has 0 aliphatic heterocycles. The van der Waals surface area contributed by atoms with Crippen LogP contribution in [0.2, 0.25) is 0 Å². The largest absolute Gasteiger partial charge is 0.361 e. The lowest BCUT2D eigenvalue weighted by Gasteiger charge is -2.00. The summed E-state index contributed by atoms with van der Waals surface area (Å²) in [4.78, 5) is 18.6. The molecule has 0 N–H and O–H groups in total. The summed E-state index contributed by atoms with van der Waals surface area (Å²) in [7, 11) is 0. The van der Waals surface area contributed by atoms with E-state index >= 15 is 0 Å². The lowest BCUT2D eigenvalue weighted by atomic mass is 10.3. The molecule has 0 amide bonds. The second kappa shape index (κ2) is 5.23. The molecule has 0 spiro atoms. The number of aromatic nitrogens is 1. The van der Waals surface area contributed by atoms with Crippen molar-refractivity contribution in [2.75, 3.05) is 0 Å². The maximum Gasteiger partial charge on any atom is 0.324 e. The fourth-order valence-corrected chi connectivity index (χ4v) is 3.49. The predicted octanol–water partition coefficient (Wildman–Crippen LogP) is 2.65. The smallest absolute Gasteiger partial charge is 0.324 e. The zero-order valence-corrected chi connectivity index (χ0v) is 10.7. The van der Waals surface area contributed by atoms with Crippen molar-refractivity contribution in [3.05, 3.63) is 29.8 Å². The molecule has 0 aliphatic carbocycles. The number of hydrogen-bond donors (Lipinski definition) is 0. The van der Waals surface area contributed by atoms with Crippen LogP contribution in [0.1, 0.15) is 6.92 Å². The molecule has 6 heteroatoms. The summed E-state index contributed by atoms with van der Waals surface area (Å²) in [6.45, 7) is 1.76. The van der Waals surface area contributed by atoms with Crippen LogP contribution in [-0.2, 0) is 4.79 Å². The van der Waals surface area contributed by atoms with E-state index in [4.69, 9.17) is 5.53 Å². The molecule has 0 bridgehead atoms. The normalized spacial score (nSPS) is 12.1. The second-order valence-electron chi connectivity index (χ2n) is 3.35. The van der Waals surface area contributed by atoms with Crippen molar-refractivity contribution >= 4 is 45.3 Å². The molecule has 0 fully saturated rings. The highest BCUT2D eigenvalue weighted by molar-refractivity contribution is 8.02. The van der Waals surface area contributed by atoms with E-state index in [1.807, 2.05) is 24.3 Å². The van der Waals surface area contributed by atoms with Crippen LogP contribution in [0, 0.1) is 0 Å². The van der Waals surface area contributed by atoms with Gasteiger partial charge in [0.25, 0.3) is 0 Å². The van der Waals surface area contributed by atoms with Crippen molar-refractivity contribution in [2.45, 2.75) is 16.5 Å². The van der Waals surface area contributed by atoms with Gasteiger partial charge in [0.2, 0.25) is 5.78 Å². The van der Waals surface area contributed by atoms with E-state index in [1.54, 1.807) is 18.3 Å². The molecule has 2 rings (SSSR count). The summed E-state index contributed by atoms with van der Waals surface area (Å²) in [5, 5.41) is -0.300. The Morgan fingerprint density at radius 1 is 1.59 bits per heavy atom. The number of nitrogens with zero attached hydrogens (tertiary/aromatic N) is 3. The Kier molecular flexibility index (Phi) is 3.68. The molecule has 0 aliphatic rings. The average molecular weight is 263 g/mol. The minimum Gasteiger partial charge on any atom is -0.361 e. The number of fused-ring (bicyclic) bond motifs is 1. The van der Waals surface area contributed by atoms with Crippen molar-refractivity contribution in [1.82, 2.24) is 4.98 Å². The summed E-state index contributed by atoms with van der Waals surface area (Å²) in [6.07, 6.45) is 0.922. The molecular formula is C11H9N3OS2. The van der Waals surface area contributed by atoms with Gasteiger partial charge in [0, 0.05) is 0 Å². The van der Waals surface area contributed by atoms with Crippen LogP contribution in [0.3, 0.4) is 0 Å². The van der Waals surface area contributed by atoms with Crippen LogP contribution in [-0.4, -0.2) is 27.0 Å². The zero-order chi connectivity index (χ0) is 12.3. The molecule has 1 heterocycles. The topological polar surface area (TPSA) is 66.4 Å². The van der Waals surface area contributed by atoms with E-state index in [0.717, 1.165) is 20.8 Å². The Morgan fingerprint density at radius 2 is 2.35 bits per heavy atom. The molecule has 1 aromatic carbocycles. The molecule has 4 nitrogen and oxygen atoms in total. The Hall–Kier alpha value is -1.49. The maximum absolute atomic E-state index is 11.4. The molecule has 2 aromatic rings. The Balaban J connectivity index is 2.18. The average Bonchev–Trinajstić information content (AvgIpc) is 2.71. The van der Waals surface area contributed by atoms with Crippen molar-refractivity contribution < 1.29 is 9.58 Å². The number of hydrogen-bond acceptors (Lipinski definition) is 4. The quantitative estimate of drug-likeness (QED) is 0.368. The minimum atomic E-state index is -0.300. The maximum atomic E-state index is 11.4. The SMILES string of the molecule is CC(Sc1nc2ccccc2s1)C(=O)C=[N+]=[N-]. The molecule has 1 atom stereocenters. The lowest BCUT2D eigenvalue weighted by molar-refractivity contribution is -0.115. The molecule has 86 valence electrons. The number of Topliss-reactive ketones (excluding diaryl/α,β-unsaturated/α-hetero) is 1. The fourth-order valence-electron chi connectivity index (χ4n) is 1.27. The summed E-state index contributed by atoms with van der Waals surface area (Å²) in [5.74, 6) is -0.225. The van der Waals surface area contributed by atoms with Gasteiger partial charge in [-0.2, -0.15) is 4.79 Å². The lowest BCUT2D eigenvalue weighted by Crippen LogP contribution is -2.14. The molecule has 1 aromatic heterocycles. The molecule has 1 unspecified atom stereocenters. The number of carbonyl (C=O) groups is 1. The van der Waals surface area contributed by atoms with E-state index in [0.29, 0.717) is 0 Å². The Morgan fingerprint density at radius 3 is 3.06 bits per heavy atom. The first-order chi connectivity index (χ1) is 8.20. The highest BCUT2D eigenvalue weighted by atomic mass is 32.2. The van der Waals surface area contributed by atoms with Crippen LogP contribution < -0.4 is 0 Å². The van der Waals surface area contributed by atoms with Gasteiger partial charge in [0.1, 0.15) is 0 Å². The number of thioether (sulfide) groups is 1. The van der Waals surface area contributed by atoms with E-state index < -0.39 is 0 Å². The first-order valence-corrected chi connectivity index (χ1v) is 6.64. The van der Waals surface area contributed by atoms with Gasteiger partial charge in [-0.1, -0.05) is 23.9 Å². The summed E-state index contributed by atoms with van der Waals surface area (Å²) in [5.41, 5.74) is 9.23. The Bertz CT molecular complexity index is 569. The van der Waals surface area contributed by atoms with Crippen LogP contribution in [0.5, 0.6) is 0 Å². The number of benzene rings is 1. The van der Waals surface area contributed by atoms with Crippen molar-refractivity contribution in [3.63, 3.8) is 0 Å². The summed E-state index contributed by atoms with van der Waals surface area (Å²) < 4.78 is 1.95. The van der Waals surface area contributed by atoms with Gasteiger partial charge in [-0.3, -0.25) is 4.79 Å². The van der Waals surface area contributed by atoms with Crippen LogP contribution >= 0.6 is 23.1 Å². The minimum absolute atomic E-state index is 0.225. The molecular weight excluding hydrogens is 254 g/mol. The third-order valence-corrected chi connectivity index (χ3v) is 4.39. The van der Waals surface area contributed by atoms with Crippen LogP contribution in [0.4, 0.5) is 0 Å². The number of carbonyl (C=O) groups excluding carboxylic acids is 1. The second-order valence-corrected chi connectivity index (χ2v) is 5.97. The van der Waals surface area contributed by atoms with Gasteiger partial charge in [-0.15, -0.1) is 11.3 Å². The first kappa shape index (κ1) is 12.0. The van der Waals surface area contributed by atoms with E-state index in [9.17, 15) is 4.79 Å². The van der Waals surface area contributed by atoms with Gasteiger partial charge < -0.3 is 5.53 Å². The van der Waals surface area contributed by atoms with Gasteiger partial charge in [0.15, 0.2) is 4.34 Å². The predicted molar refractivity (Wildman–Crippen MR) is 69.6 cm³/mol. The third kappa shape index (κ3) is 2.79. The zero-order valence-electron chi connectivity index (χ0n) is 9.03. The third-order valence-electron chi connectivity index (χ3n) is 2.14. The summed E-state index contributed by atoms with van der Waals surface area (Å²) in [6, 6.07) is 7.84. The molecule has 0 saturated carbocycles. The molecule has 17 heavy (non-hydrogen) atoms. The highest BCUT2D eigenvalue weighted by Crippen LogP contribution is 2.31. The standard InChI is InChI=1S/C11H9N3OS2/c1-7(9(15)6-13-12)16-11-14-8-4-2-3-5-10(8)17-11/h2-7H,1H3. The number of para-hydroxylation sites is 1. The Labute approximate surface area is 106 Å². The van der Waals surface area contributed by atoms with Crippen molar-refractivity contribution in [3.8, 4) is 0 Å². The van der Waals surface area contributed by atoms with Gasteiger partial charge in [0.05, 0.1) is 15.5 Å². The number of ketones is 1. The molecule has 0 radical (unpaired) electrons. The van der Waals surface area contributed by atoms with Crippen molar-refractivity contribution in [1.29, 1.82) is 0 Å². The van der Waals surface area contributed by atoms with E-state index in [-0.39, 0.29) is 11.0 Å². The van der Waals surface area contributed by atoms with Crippen molar-refractivity contribution in [2.24, 2.45) is 0 Å². The monoisotopic (exact) mass is 263 g/mol. The van der Waals surface area contributed by atoms with Crippen LogP contribution in [0.25, 0.3) is 15.7 Å². The number of thiazole rings is 1. The first-order valence-electron chi connectivity index (χ1n) is 4.94. The number of rotatable bonds is 4. The highest BCUT2D eigenvalue weighted by Gasteiger charge is 2.17. The van der Waals surface area contributed by atoms with E-state index in [1.165, 1.54) is 11.8 Å². The van der Waals surface area contributed by atoms with Gasteiger partial charge in [-0.05, 0) is 19.1 Å². The van der Waals surface area contributed by atoms with E-state index in [2.05, 4.69) is 9.77 Å². The van der Waals surface area contributed by atoms with Crippen LogP contribution in [0.15, 0.2) is 28.6 Å². The fraction of sp³-hybridized carbons (Fsp3) is 0.182. The van der Waals surface area contributed by atoms with Gasteiger partial charge >= 0.3 is 6.21 Å². The van der Waals surface area contributed by atoms with Gasteiger partial charge in [-0.25, -0.2) is 4.98 Å². The summed E-state index contributed by atoms with van der Waals surface area (Å²) >= 11 is 2.93.